The Hall–Kier alpha value is -2.02. The highest BCUT2D eigenvalue weighted by Gasteiger charge is 2.15. The van der Waals surface area contributed by atoms with Crippen LogP contribution in [0, 0.1) is 5.82 Å². The molecule has 1 aromatic heterocycles. The molecule has 0 spiro atoms. The minimum absolute atomic E-state index is 0.0242. The van der Waals surface area contributed by atoms with Gasteiger partial charge in [-0.3, -0.25) is 14.7 Å². The van der Waals surface area contributed by atoms with Crippen LogP contribution in [0.25, 0.3) is 11.3 Å². The first kappa shape index (κ1) is 17.8. The third-order valence-electron chi connectivity index (χ3n) is 4.17. The number of amides is 1. The highest BCUT2D eigenvalue weighted by atomic mass is 35.5. The van der Waals surface area contributed by atoms with Crippen molar-refractivity contribution >= 4 is 17.5 Å². The van der Waals surface area contributed by atoms with Crippen molar-refractivity contribution in [2.24, 2.45) is 0 Å². The predicted molar refractivity (Wildman–Crippen MR) is 96.3 cm³/mol. The average molecular weight is 363 g/mol. The Balaban J connectivity index is 1.62. The van der Waals surface area contributed by atoms with E-state index in [1.807, 2.05) is 0 Å². The number of nitrogens with zero attached hydrogens (tertiary/aromatic N) is 2. The van der Waals surface area contributed by atoms with Crippen LogP contribution in [0.1, 0.15) is 10.4 Å². The molecule has 0 bridgehead atoms. The summed E-state index contributed by atoms with van der Waals surface area (Å²) in [5, 5.41) is 6.49. The van der Waals surface area contributed by atoms with Crippen LogP contribution in [0.4, 0.5) is 4.39 Å². The van der Waals surface area contributed by atoms with Crippen LogP contribution in [0.15, 0.2) is 36.5 Å². The maximum absolute atomic E-state index is 14.3. The van der Waals surface area contributed by atoms with Gasteiger partial charge in [-0.05, 0) is 24.3 Å². The Morgan fingerprint density at radius 3 is 2.84 bits per heavy atom. The van der Waals surface area contributed by atoms with Gasteiger partial charge >= 0.3 is 0 Å². The number of pyridine rings is 1. The van der Waals surface area contributed by atoms with E-state index >= 15 is 0 Å². The van der Waals surface area contributed by atoms with Crippen LogP contribution in [0.3, 0.4) is 0 Å². The predicted octanol–water partition coefficient (Wildman–Crippen LogP) is 2.18. The summed E-state index contributed by atoms with van der Waals surface area (Å²) in [6, 6.07) is 7.82. The third kappa shape index (κ3) is 4.54. The van der Waals surface area contributed by atoms with E-state index in [9.17, 15) is 9.18 Å². The van der Waals surface area contributed by atoms with Crippen molar-refractivity contribution in [1.29, 1.82) is 0 Å². The molecule has 1 fully saturated rings. The zero-order chi connectivity index (χ0) is 17.6. The molecule has 132 valence electrons. The van der Waals surface area contributed by atoms with Crippen LogP contribution in [0.2, 0.25) is 5.02 Å². The number of piperazine rings is 1. The van der Waals surface area contributed by atoms with Crippen LogP contribution in [-0.4, -0.2) is 55.1 Å². The summed E-state index contributed by atoms with van der Waals surface area (Å²) in [5.41, 5.74) is 1.06. The van der Waals surface area contributed by atoms with Gasteiger partial charge in [0.15, 0.2) is 0 Å². The van der Waals surface area contributed by atoms with E-state index in [1.54, 1.807) is 24.4 Å². The standard InChI is InChI=1S/C18H20ClFN4O/c19-15-2-1-5-22-17(15)13-3-4-14(16(20)12-13)18(25)23-8-11-24-9-6-21-7-10-24/h1-5,12,21H,6-11H2,(H,23,25). The summed E-state index contributed by atoms with van der Waals surface area (Å²) >= 11 is 6.08. The van der Waals surface area contributed by atoms with Gasteiger partial charge in [-0.1, -0.05) is 17.7 Å². The number of aromatic nitrogens is 1. The van der Waals surface area contributed by atoms with Crippen molar-refractivity contribution in [3.8, 4) is 11.3 Å². The Kier molecular flexibility index (Phi) is 5.96. The number of hydrogen-bond acceptors (Lipinski definition) is 4. The van der Waals surface area contributed by atoms with Gasteiger partial charge in [-0.2, -0.15) is 0 Å². The fourth-order valence-electron chi connectivity index (χ4n) is 2.80. The first-order chi connectivity index (χ1) is 12.1. The highest BCUT2D eigenvalue weighted by molar-refractivity contribution is 6.33. The summed E-state index contributed by atoms with van der Waals surface area (Å²) < 4.78 is 14.3. The molecular formula is C18H20ClFN4O. The van der Waals surface area contributed by atoms with Gasteiger partial charge in [-0.25, -0.2) is 4.39 Å². The van der Waals surface area contributed by atoms with Crippen molar-refractivity contribution in [1.82, 2.24) is 20.5 Å². The molecule has 1 aliphatic rings. The van der Waals surface area contributed by atoms with Gasteiger partial charge in [0.2, 0.25) is 0 Å². The number of rotatable bonds is 5. The molecule has 25 heavy (non-hydrogen) atoms. The van der Waals surface area contributed by atoms with Crippen molar-refractivity contribution in [2.75, 3.05) is 39.3 Å². The SMILES string of the molecule is O=C(NCCN1CCNCC1)c1ccc(-c2ncccc2Cl)cc1F. The Bertz CT molecular complexity index is 750. The van der Waals surface area contributed by atoms with Gasteiger partial charge in [0.25, 0.3) is 5.91 Å². The maximum atomic E-state index is 14.3. The second-order valence-corrected chi connectivity index (χ2v) is 6.28. The van der Waals surface area contributed by atoms with Crippen LogP contribution >= 0.6 is 11.6 Å². The number of nitrogens with one attached hydrogen (secondary N) is 2. The Morgan fingerprint density at radius 1 is 1.32 bits per heavy atom. The highest BCUT2D eigenvalue weighted by Crippen LogP contribution is 2.26. The Morgan fingerprint density at radius 2 is 2.12 bits per heavy atom. The van der Waals surface area contributed by atoms with Gasteiger partial charge < -0.3 is 10.6 Å². The lowest BCUT2D eigenvalue weighted by Gasteiger charge is -2.27. The lowest BCUT2D eigenvalue weighted by molar-refractivity contribution is 0.0943. The van der Waals surface area contributed by atoms with E-state index in [-0.39, 0.29) is 5.56 Å². The second-order valence-electron chi connectivity index (χ2n) is 5.88. The van der Waals surface area contributed by atoms with E-state index < -0.39 is 11.7 Å². The summed E-state index contributed by atoms with van der Waals surface area (Å²) in [6.07, 6.45) is 1.59. The minimum Gasteiger partial charge on any atom is -0.351 e. The smallest absolute Gasteiger partial charge is 0.254 e. The lowest BCUT2D eigenvalue weighted by Crippen LogP contribution is -2.46. The van der Waals surface area contributed by atoms with Crippen LogP contribution in [-0.2, 0) is 0 Å². The molecule has 1 amide bonds. The molecule has 0 atom stereocenters. The fourth-order valence-corrected chi connectivity index (χ4v) is 3.03. The molecule has 2 heterocycles. The van der Waals surface area contributed by atoms with E-state index in [1.165, 1.54) is 12.1 Å². The molecule has 1 saturated heterocycles. The molecule has 1 aromatic carbocycles. The molecule has 2 N–H and O–H groups in total. The third-order valence-corrected chi connectivity index (χ3v) is 4.47. The summed E-state index contributed by atoms with van der Waals surface area (Å²) in [7, 11) is 0. The first-order valence-electron chi connectivity index (χ1n) is 8.27. The van der Waals surface area contributed by atoms with Crippen molar-refractivity contribution < 1.29 is 9.18 Å². The fraction of sp³-hybridized carbons (Fsp3) is 0.333. The van der Waals surface area contributed by atoms with Crippen molar-refractivity contribution in [3.05, 3.63) is 52.9 Å². The summed E-state index contributed by atoms with van der Waals surface area (Å²) in [4.78, 5) is 18.6. The molecule has 7 heteroatoms. The van der Waals surface area contributed by atoms with E-state index in [2.05, 4.69) is 20.5 Å². The van der Waals surface area contributed by atoms with Crippen LogP contribution < -0.4 is 10.6 Å². The maximum Gasteiger partial charge on any atom is 0.254 e. The number of hydrogen-bond donors (Lipinski definition) is 2. The quantitative estimate of drug-likeness (QED) is 0.856. The van der Waals surface area contributed by atoms with Gasteiger partial charge in [-0.15, -0.1) is 0 Å². The molecule has 5 nitrogen and oxygen atoms in total. The average Bonchev–Trinajstić information content (AvgIpc) is 2.63. The second kappa shape index (κ2) is 8.38. The molecule has 1 aliphatic heterocycles. The molecule has 0 saturated carbocycles. The topological polar surface area (TPSA) is 57.3 Å². The molecule has 0 radical (unpaired) electrons. The van der Waals surface area contributed by atoms with Crippen molar-refractivity contribution in [3.63, 3.8) is 0 Å². The molecule has 0 aliphatic carbocycles. The monoisotopic (exact) mass is 362 g/mol. The largest absolute Gasteiger partial charge is 0.351 e. The normalized spacial score (nSPS) is 15.1. The van der Waals surface area contributed by atoms with E-state index in [4.69, 9.17) is 11.6 Å². The minimum atomic E-state index is -0.584. The molecule has 3 rings (SSSR count). The number of benzene rings is 1. The van der Waals surface area contributed by atoms with E-state index in [0.717, 1.165) is 32.7 Å². The zero-order valence-corrected chi connectivity index (χ0v) is 14.5. The lowest BCUT2D eigenvalue weighted by atomic mass is 10.1. The number of halogens is 2. The Labute approximate surface area is 151 Å². The van der Waals surface area contributed by atoms with Crippen molar-refractivity contribution in [2.45, 2.75) is 0 Å². The summed E-state index contributed by atoms with van der Waals surface area (Å²) in [6.45, 7) is 5.09. The van der Waals surface area contributed by atoms with Crippen LogP contribution in [0.5, 0.6) is 0 Å². The molecule has 2 aromatic rings. The number of carbonyl (C=O) groups excluding carboxylic acids is 1. The van der Waals surface area contributed by atoms with Gasteiger partial charge in [0.1, 0.15) is 5.82 Å². The first-order valence-corrected chi connectivity index (χ1v) is 8.64. The molecular weight excluding hydrogens is 343 g/mol. The number of carbonyl (C=O) groups is 1. The van der Waals surface area contributed by atoms with E-state index in [0.29, 0.717) is 22.8 Å². The van der Waals surface area contributed by atoms with Gasteiger partial charge in [0, 0.05) is 51.0 Å². The van der Waals surface area contributed by atoms with Gasteiger partial charge in [0.05, 0.1) is 16.3 Å². The molecule has 0 unspecified atom stereocenters. The summed E-state index contributed by atoms with van der Waals surface area (Å²) in [5.74, 6) is -0.995. The zero-order valence-electron chi connectivity index (χ0n) is 13.8.